The number of nitrogens with two attached hydrogens (primary N) is 1. The molecule has 0 amide bonds. The second-order valence-electron chi connectivity index (χ2n) is 2.03. The Balaban J connectivity index is 3.12. The summed E-state index contributed by atoms with van der Waals surface area (Å²) in [5.41, 5.74) is 7.54. The Labute approximate surface area is 63.9 Å². The van der Waals surface area contributed by atoms with E-state index in [1.165, 1.54) is 11.3 Å². The van der Waals surface area contributed by atoms with Crippen LogP contribution in [-0.2, 0) is 6.54 Å². The SMILES string of the molecule is Cc1c(CN)csc1C#N. The van der Waals surface area contributed by atoms with Crippen LogP contribution in [0.4, 0.5) is 0 Å². The molecule has 0 saturated carbocycles. The Morgan fingerprint density at radius 2 is 2.50 bits per heavy atom. The van der Waals surface area contributed by atoms with Gasteiger partial charge >= 0.3 is 0 Å². The molecule has 1 aromatic heterocycles. The van der Waals surface area contributed by atoms with Gasteiger partial charge in [0.25, 0.3) is 0 Å². The van der Waals surface area contributed by atoms with Gasteiger partial charge in [-0.3, -0.25) is 0 Å². The van der Waals surface area contributed by atoms with Crippen molar-refractivity contribution < 1.29 is 0 Å². The maximum atomic E-state index is 8.55. The van der Waals surface area contributed by atoms with Crippen LogP contribution in [-0.4, -0.2) is 0 Å². The predicted octanol–water partition coefficient (Wildman–Crippen LogP) is 1.39. The third-order valence-corrected chi connectivity index (χ3v) is 2.50. The Morgan fingerprint density at radius 1 is 1.80 bits per heavy atom. The standard InChI is InChI=1S/C7H8N2S/c1-5-6(2-8)4-10-7(5)3-9/h4H,2,8H2,1H3. The number of nitrogens with zero attached hydrogens (tertiary/aromatic N) is 1. The number of hydrogen-bond acceptors (Lipinski definition) is 3. The highest BCUT2D eigenvalue weighted by Crippen LogP contribution is 2.19. The molecule has 2 N–H and O–H groups in total. The van der Waals surface area contributed by atoms with Gasteiger partial charge in [0.15, 0.2) is 0 Å². The van der Waals surface area contributed by atoms with Crippen LogP contribution in [0.3, 0.4) is 0 Å². The molecule has 0 spiro atoms. The zero-order chi connectivity index (χ0) is 7.56. The van der Waals surface area contributed by atoms with Gasteiger partial charge in [-0.1, -0.05) is 0 Å². The van der Waals surface area contributed by atoms with Gasteiger partial charge in [0, 0.05) is 6.54 Å². The van der Waals surface area contributed by atoms with E-state index in [-0.39, 0.29) is 0 Å². The van der Waals surface area contributed by atoms with Crippen LogP contribution < -0.4 is 5.73 Å². The number of nitriles is 1. The first kappa shape index (κ1) is 7.26. The van der Waals surface area contributed by atoms with Gasteiger partial charge in [0.2, 0.25) is 0 Å². The van der Waals surface area contributed by atoms with Gasteiger partial charge in [0.05, 0.1) is 0 Å². The monoisotopic (exact) mass is 152 g/mol. The van der Waals surface area contributed by atoms with Crippen molar-refractivity contribution in [2.24, 2.45) is 5.73 Å². The van der Waals surface area contributed by atoms with Gasteiger partial charge in [-0.2, -0.15) is 5.26 Å². The van der Waals surface area contributed by atoms with Gasteiger partial charge in [-0.15, -0.1) is 11.3 Å². The summed E-state index contributed by atoms with van der Waals surface area (Å²) in [6.45, 7) is 2.46. The highest BCUT2D eigenvalue weighted by atomic mass is 32.1. The summed E-state index contributed by atoms with van der Waals surface area (Å²) in [5.74, 6) is 0. The van der Waals surface area contributed by atoms with Crippen molar-refractivity contribution in [3.8, 4) is 6.07 Å². The quantitative estimate of drug-likeness (QED) is 0.661. The molecule has 0 radical (unpaired) electrons. The van der Waals surface area contributed by atoms with Gasteiger partial charge < -0.3 is 5.73 Å². The maximum Gasteiger partial charge on any atom is 0.110 e. The van der Waals surface area contributed by atoms with E-state index < -0.39 is 0 Å². The third kappa shape index (κ3) is 1.04. The van der Waals surface area contributed by atoms with Gasteiger partial charge in [0.1, 0.15) is 10.9 Å². The molecule has 10 heavy (non-hydrogen) atoms. The highest BCUT2D eigenvalue weighted by Gasteiger charge is 2.03. The lowest BCUT2D eigenvalue weighted by Gasteiger charge is -1.90. The third-order valence-electron chi connectivity index (χ3n) is 1.46. The zero-order valence-corrected chi connectivity index (χ0v) is 6.53. The van der Waals surface area contributed by atoms with Crippen LogP contribution in [0.25, 0.3) is 0 Å². The van der Waals surface area contributed by atoms with Gasteiger partial charge in [-0.05, 0) is 23.4 Å². The fourth-order valence-corrected chi connectivity index (χ4v) is 1.66. The minimum absolute atomic E-state index is 0.532. The average molecular weight is 152 g/mol. The Bertz CT molecular complexity index is 270. The van der Waals surface area contributed by atoms with E-state index in [9.17, 15) is 0 Å². The molecule has 2 nitrogen and oxygen atoms in total. The first-order chi connectivity index (χ1) is 4.79. The lowest BCUT2D eigenvalue weighted by atomic mass is 10.2. The molecule has 1 rings (SSSR count). The number of thiophene rings is 1. The van der Waals surface area contributed by atoms with Crippen molar-refractivity contribution in [2.75, 3.05) is 0 Å². The van der Waals surface area contributed by atoms with E-state index in [1.54, 1.807) is 0 Å². The summed E-state index contributed by atoms with van der Waals surface area (Å²) in [7, 11) is 0. The van der Waals surface area contributed by atoms with Crippen LogP contribution in [0.5, 0.6) is 0 Å². The average Bonchev–Trinajstić information content (AvgIpc) is 2.30. The van der Waals surface area contributed by atoms with Crippen LogP contribution in [0.2, 0.25) is 0 Å². The molecule has 0 unspecified atom stereocenters. The summed E-state index contributed by atoms with van der Waals surface area (Å²) < 4.78 is 0. The predicted molar refractivity (Wildman–Crippen MR) is 41.7 cm³/mol. The van der Waals surface area contributed by atoms with E-state index >= 15 is 0 Å². The molecule has 0 aliphatic rings. The molecule has 0 bridgehead atoms. The van der Waals surface area contributed by atoms with E-state index in [0.717, 1.165) is 16.0 Å². The highest BCUT2D eigenvalue weighted by molar-refractivity contribution is 7.10. The fraction of sp³-hybridized carbons (Fsp3) is 0.286. The maximum absolute atomic E-state index is 8.55. The molecular weight excluding hydrogens is 144 g/mol. The Hall–Kier alpha value is -0.850. The Kier molecular flexibility index (Phi) is 2.05. The second kappa shape index (κ2) is 2.82. The summed E-state index contributed by atoms with van der Waals surface area (Å²) in [6.07, 6.45) is 0. The van der Waals surface area contributed by atoms with Crippen molar-refractivity contribution in [1.29, 1.82) is 5.26 Å². The summed E-state index contributed by atoms with van der Waals surface area (Å²) >= 11 is 1.46. The van der Waals surface area contributed by atoms with Crippen molar-refractivity contribution in [1.82, 2.24) is 0 Å². The van der Waals surface area contributed by atoms with Crippen LogP contribution >= 0.6 is 11.3 Å². The first-order valence-electron chi connectivity index (χ1n) is 2.96. The van der Waals surface area contributed by atoms with Crippen molar-refractivity contribution in [3.63, 3.8) is 0 Å². The first-order valence-corrected chi connectivity index (χ1v) is 3.84. The summed E-state index contributed by atoms with van der Waals surface area (Å²) in [4.78, 5) is 0.778. The topological polar surface area (TPSA) is 49.8 Å². The zero-order valence-electron chi connectivity index (χ0n) is 5.72. The van der Waals surface area contributed by atoms with E-state index in [4.69, 9.17) is 11.0 Å². The van der Waals surface area contributed by atoms with Crippen LogP contribution in [0.1, 0.15) is 16.0 Å². The fourth-order valence-electron chi connectivity index (χ4n) is 0.764. The lowest BCUT2D eigenvalue weighted by Crippen LogP contribution is -1.95. The molecule has 52 valence electrons. The summed E-state index contributed by atoms with van der Waals surface area (Å²) in [6, 6.07) is 2.11. The number of hydrogen-bond donors (Lipinski definition) is 1. The molecule has 0 aliphatic heterocycles. The van der Waals surface area contributed by atoms with Gasteiger partial charge in [-0.25, -0.2) is 0 Å². The molecule has 3 heteroatoms. The Morgan fingerprint density at radius 3 is 2.80 bits per heavy atom. The van der Waals surface area contributed by atoms with Crippen molar-refractivity contribution in [3.05, 3.63) is 21.4 Å². The molecule has 0 atom stereocenters. The minimum atomic E-state index is 0.532. The smallest absolute Gasteiger partial charge is 0.110 e. The molecule has 0 saturated heterocycles. The number of rotatable bonds is 1. The summed E-state index contributed by atoms with van der Waals surface area (Å²) in [5, 5.41) is 10.5. The molecule has 0 aliphatic carbocycles. The second-order valence-corrected chi connectivity index (χ2v) is 2.91. The minimum Gasteiger partial charge on any atom is -0.326 e. The normalized spacial score (nSPS) is 9.30. The molecule has 0 aromatic carbocycles. The van der Waals surface area contributed by atoms with E-state index in [1.807, 2.05) is 12.3 Å². The largest absolute Gasteiger partial charge is 0.326 e. The van der Waals surface area contributed by atoms with Crippen molar-refractivity contribution in [2.45, 2.75) is 13.5 Å². The molecular formula is C7H8N2S. The lowest BCUT2D eigenvalue weighted by molar-refractivity contribution is 1.06. The van der Waals surface area contributed by atoms with Crippen LogP contribution in [0, 0.1) is 18.3 Å². The molecule has 1 aromatic rings. The molecule has 1 heterocycles. The van der Waals surface area contributed by atoms with Crippen molar-refractivity contribution >= 4 is 11.3 Å². The molecule has 0 fully saturated rings. The van der Waals surface area contributed by atoms with E-state index in [2.05, 4.69) is 6.07 Å². The van der Waals surface area contributed by atoms with Crippen LogP contribution in [0.15, 0.2) is 5.38 Å². The van der Waals surface area contributed by atoms with E-state index in [0.29, 0.717) is 6.54 Å².